The number of thiazole rings is 1. The summed E-state index contributed by atoms with van der Waals surface area (Å²) in [6.45, 7) is 2.26. The molecule has 0 saturated carbocycles. The molecule has 0 atom stereocenters. The first kappa shape index (κ1) is 12.9. The first-order chi connectivity index (χ1) is 9.11. The molecule has 19 heavy (non-hydrogen) atoms. The Bertz CT molecular complexity index is 661. The summed E-state index contributed by atoms with van der Waals surface area (Å²) in [6.07, 6.45) is 3.09. The number of hydrogen-bond acceptors (Lipinski definition) is 7. The molecule has 96 valence electrons. The van der Waals surface area contributed by atoms with Gasteiger partial charge in [0.05, 0.1) is 11.5 Å². The summed E-state index contributed by atoms with van der Waals surface area (Å²) in [7, 11) is 0. The topological polar surface area (TPSA) is 105 Å². The number of nitrogens with one attached hydrogen (secondary N) is 1. The number of aryl methyl sites for hydroxylation is 1. The molecule has 0 aliphatic rings. The maximum absolute atomic E-state index is 11.0. The summed E-state index contributed by atoms with van der Waals surface area (Å²) in [4.78, 5) is 19.5. The molecule has 0 fully saturated rings. The molecule has 0 spiro atoms. The molecular weight excluding hydrogens is 266 g/mol. The van der Waals surface area contributed by atoms with E-state index in [1.54, 1.807) is 12.3 Å². The fourth-order valence-corrected chi connectivity index (χ4v) is 2.23. The van der Waals surface area contributed by atoms with Gasteiger partial charge in [-0.2, -0.15) is 5.26 Å². The molecule has 1 N–H and O–H groups in total. The predicted octanol–water partition coefficient (Wildman–Crippen LogP) is 2.24. The van der Waals surface area contributed by atoms with Crippen LogP contribution in [-0.2, 0) is 6.54 Å². The van der Waals surface area contributed by atoms with E-state index in [1.807, 2.05) is 6.92 Å². The molecule has 7 nitrogen and oxygen atoms in total. The zero-order chi connectivity index (χ0) is 13.8. The third-order valence-corrected chi connectivity index (χ3v) is 3.22. The Morgan fingerprint density at radius 1 is 1.58 bits per heavy atom. The number of anilines is 1. The predicted molar refractivity (Wildman–Crippen MR) is 69.8 cm³/mol. The smallest absolute Gasteiger partial charge is 0.328 e. The van der Waals surface area contributed by atoms with Crippen LogP contribution in [0.2, 0.25) is 0 Å². The van der Waals surface area contributed by atoms with Crippen LogP contribution in [0.25, 0.3) is 0 Å². The minimum absolute atomic E-state index is 0.0159. The monoisotopic (exact) mass is 275 g/mol. The van der Waals surface area contributed by atoms with Crippen molar-refractivity contribution in [1.29, 1.82) is 5.26 Å². The summed E-state index contributed by atoms with van der Waals surface area (Å²) >= 11 is 1.49. The van der Waals surface area contributed by atoms with Crippen molar-refractivity contribution in [2.45, 2.75) is 13.5 Å². The van der Waals surface area contributed by atoms with E-state index in [0.717, 1.165) is 9.88 Å². The Labute approximate surface area is 112 Å². The van der Waals surface area contributed by atoms with Crippen molar-refractivity contribution in [2.75, 3.05) is 5.32 Å². The fraction of sp³-hybridized carbons (Fsp3) is 0.182. The minimum Gasteiger partial charge on any atom is -0.358 e. The lowest BCUT2D eigenvalue weighted by molar-refractivity contribution is -0.384. The number of nitriles is 1. The van der Waals surface area contributed by atoms with E-state index in [2.05, 4.69) is 15.3 Å². The van der Waals surface area contributed by atoms with Gasteiger partial charge in [0.25, 0.3) is 0 Å². The van der Waals surface area contributed by atoms with Gasteiger partial charge in [-0.1, -0.05) is 0 Å². The molecule has 0 saturated heterocycles. The Hall–Kier alpha value is -2.53. The standard InChI is InChI=1S/C11H9N5O2S/c1-7-5-14-9(19-7)6-15-11-10(16(17)18)8(4-12)2-3-13-11/h2-3,5H,6H2,1H3,(H,13,15). The highest BCUT2D eigenvalue weighted by molar-refractivity contribution is 7.11. The molecule has 0 unspecified atom stereocenters. The third kappa shape index (κ3) is 2.83. The molecule has 8 heteroatoms. The summed E-state index contributed by atoms with van der Waals surface area (Å²) in [5, 5.41) is 23.5. The zero-order valence-corrected chi connectivity index (χ0v) is 10.8. The quantitative estimate of drug-likeness (QED) is 0.677. The van der Waals surface area contributed by atoms with Crippen LogP contribution >= 0.6 is 11.3 Å². The Morgan fingerprint density at radius 2 is 2.37 bits per heavy atom. The highest BCUT2D eigenvalue weighted by atomic mass is 32.1. The molecule has 0 aliphatic heterocycles. The molecule has 0 amide bonds. The van der Waals surface area contributed by atoms with Crippen LogP contribution in [0.5, 0.6) is 0 Å². The summed E-state index contributed by atoms with van der Waals surface area (Å²) in [6, 6.07) is 3.10. The van der Waals surface area contributed by atoms with Gasteiger partial charge in [0, 0.05) is 17.3 Å². The number of pyridine rings is 1. The molecule has 0 aromatic carbocycles. The summed E-state index contributed by atoms with van der Waals surface area (Å²) < 4.78 is 0. The van der Waals surface area contributed by atoms with Crippen LogP contribution in [0.4, 0.5) is 11.5 Å². The van der Waals surface area contributed by atoms with Crippen LogP contribution in [0.1, 0.15) is 15.4 Å². The molecule has 2 heterocycles. The first-order valence-corrected chi connectivity index (χ1v) is 6.12. The first-order valence-electron chi connectivity index (χ1n) is 5.30. The number of hydrogen-bond donors (Lipinski definition) is 1. The van der Waals surface area contributed by atoms with Crippen molar-refractivity contribution in [3.05, 3.63) is 44.0 Å². The minimum atomic E-state index is -0.610. The Balaban J connectivity index is 2.25. The van der Waals surface area contributed by atoms with Crippen molar-refractivity contribution in [3.8, 4) is 6.07 Å². The molecule has 2 aromatic rings. The van der Waals surface area contributed by atoms with E-state index in [-0.39, 0.29) is 17.1 Å². The van der Waals surface area contributed by atoms with E-state index in [4.69, 9.17) is 5.26 Å². The van der Waals surface area contributed by atoms with E-state index in [1.165, 1.54) is 23.6 Å². The van der Waals surface area contributed by atoms with Gasteiger partial charge in [0.2, 0.25) is 5.82 Å². The van der Waals surface area contributed by atoms with Gasteiger partial charge in [-0.15, -0.1) is 11.3 Å². The van der Waals surface area contributed by atoms with Crippen LogP contribution < -0.4 is 5.32 Å². The second-order valence-corrected chi connectivity index (χ2v) is 4.96. The fourth-order valence-electron chi connectivity index (χ4n) is 1.50. The van der Waals surface area contributed by atoms with E-state index in [0.29, 0.717) is 6.54 Å². The molecular formula is C11H9N5O2S. The second kappa shape index (κ2) is 5.41. The molecule has 0 bridgehead atoms. The van der Waals surface area contributed by atoms with Gasteiger partial charge in [0.15, 0.2) is 0 Å². The Morgan fingerprint density at radius 3 is 2.95 bits per heavy atom. The maximum atomic E-state index is 11.0. The number of rotatable bonds is 4. The lowest BCUT2D eigenvalue weighted by atomic mass is 10.2. The van der Waals surface area contributed by atoms with Gasteiger partial charge in [-0.3, -0.25) is 10.1 Å². The van der Waals surface area contributed by atoms with Crippen molar-refractivity contribution >= 4 is 22.8 Å². The number of nitro groups is 1. The van der Waals surface area contributed by atoms with Gasteiger partial charge in [0.1, 0.15) is 16.6 Å². The van der Waals surface area contributed by atoms with E-state index < -0.39 is 4.92 Å². The summed E-state index contributed by atoms with van der Waals surface area (Å²) in [5.41, 5.74) is -0.323. The highest BCUT2D eigenvalue weighted by Gasteiger charge is 2.21. The van der Waals surface area contributed by atoms with Crippen molar-refractivity contribution in [2.24, 2.45) is 0 Å². The average molecular weight is 275 g/mol. The van der Waals surface area contributed by atoms with Gasteiger partial charge < -0.3 is 5.32 Å². The SMILES string of the molecule is Cc1cnc(CNc2nccc(C#N)c2[N+](=O)[O-])s1. The zero-order valence-electron chi connectivity index (χ0n) is 9.95. The van der Waals surface area contributed by atoms with Crippen LogP contribution in [0.3, 0.4) is 0 Å². The number of nitrogens with zero attached hydrogens (tertiary/aromatic N) is 4. The van der Waals surface area contributed by atoms with Crippen LogP contribution in [0, 0.1) is 28.4 Å². The van der Waals surface area contributed by atoms with Gasteiger partial charge in [-0.25, -0.2) is 9.97 Å². The number of aromatic nitrogens is 2. The highest BCUT2D eigenvalue weighted by Crippen LogP contribution is 2.26. The van der Waals surface area contributed by atoms with Crippen molar-refractivity contribution < 1.29 is 4.92 Å². The molecule has 2 aromatic heterocycles. The molecule has 0 aliphatic carbocycles. The van der Waals surface area contributed by atoms with Gasteiger partial charge in [-0.05, 0) is 13.0 Å². The van der Waals surface area contributed by atoms with Crippen LogP contribution in [0.15, 0.2) is 18.5 Å². The third-order valence-electron chi connectivity index (χ3n) is 2.30. The second-order valence-electron chi connectivity index (χ2n) is 3.64. The lowest BCUT2D eigenvalue weighted by Crippen LogP contribution is -2.05. The summed E-state index contributed by atoms with van der Waals surface area (Å²) in [5.74, 6) is 0.0805. The van der Waals surface area contributed by atoms with E-state index in [9.17, 15) is 10.1 Å². The maximum Gasteiger partial charge on any atom is 0.328 e. The van der Waals surface area contributed by atoms with Crippen molar-refractivity contribution in [1.82, 2.24) is 9.97 Å². The lowest BCUT2D eigenvalue weighted by Gasteiger charge is -2.04. The Kier molecular flexibility index (Phi) is 3.68. The van der Waals surface area contributed by atoms with E-state index >= 15 is 0 Å². The molecule has 0 radical (unpaired) electrons. The van der Waals surface area contributed by atoms with Crippen molar-refractivity contribution in [3.63, 3.8) is 0 Å². The average Bonchev–Trinajstić information content (AvgIpc) is 2.81. The normalized spacial score (nSPS) is 9.89. The largest absolute Gasteiger partial charge is 0.358 e. The van der Waals surface area contributed by atoms with Gasteiger partial charge >= 0.3 is 5.69 Å². The molecule has 2 rings (SSSR count). The van der Waals surface area contributed by atoms with Crippen LogP contribution in [-0.4, -0.2) is 14.9 Å².